The predicted octanol–water partition coefficient (Wildman–Crippen LogP) is 7.24. The van der Waals surface area contributed by atoms with Gasteiger partial charge in [0.1, 0.15) is 0 Å². The largest absolute Gasteiger partial charge is 0.445 e. The highest BCUT2D eigenvalue weighted by molar-refractivity contribution is 6.30. The van der Waals surface area contributed by atoms with Gasteiger partial charge in [-0.2, -0.15) is 0 Å². The quantitative estimate of drug-likeness (QED) is 0.0966. The molecule has 38 heavy (non-hydrogen) atoms. The molecule has 4 aromatic carbocycles. The summed E-state index contributed by atoms with van der Waals surface area (Å²) in [6.07, 6.45) is -1.32. The van der Waals surface area contributed by atoms with Gasteiger partial charge in [-0.1, -0.05) is 72.3 Å². The Kier molecular flexibility index (Phi) is 6.93. The predicted molar refractivity (Wildman–Crippen MR) is 144 cm³/mol. The molecular weight excluding hydrogens is 504 g/mol. The highest BCUT2D eigenvalue weighted by atomic mass is 35.5. The van der Waals surface area contributed by atoms with Crippen LogP contribution in [0.3, 0.4) is 0 Å². The van der Waals surface area contributed by atoms with Crippen LogP contribution in [0.4, 0.5) is 5.69 Å². The molecule has 0 amide bonds. The second-order valence-electron chi connectivity index (χ2n) is 8.44. The Bertz CT molecular complexity index is 1650. The molecule has 5 aromatic rings. The van der Waals surface area contributed by atoms with E-state index in [1.165, 1.54) is 24.3 Å². The molecule has 1 aromatic heterocycles. The fourth-order valence-electron chi connectivity index (χ4n) is 4.08. The number of rotatable bonds is 7. The van der Waals surface area contributed by atoms with Gasteiger partial charge in [0.25, 0.3) is 5.69 Å². The molecule has 186 valence electrons. The van der Waals surface area contributed by atoms with Crippen LogP contribution in [0.1, 0.15) is 32.4 Å². The second-order valence-corrected chi connectivity index (χ2v) is 8.88. The third-order valence-electron chi connectivity index (χ3n) is 6.00. The minimum Gasteiger partial charge on any atom is -0.445 e. The molecule has 0 fully saturated rings. The van der Waals surface area contributed by atoms with Crippen molar-refractivity contribution in [2.24, 2.45) is 0 Å². The topological polar surface area (TPSA) is 99.4 Å². The van der Waals surface area contributed by atoms with Gasteiger partial charge in [0.15, 0.2) is 6.10 Å². The number of ether oxygens (including phenoxy) is 1. The average Bonchev–Trinajstić information content (AvgIpc) is 2.95. The normalized spacial score (nSPS) is 11.6. The first-order chi connectivity index (χ1) is 18.4. The van der Waals surface area contributed by atoms with Gasteiger partial charge in [-0.3, -0.25) is 14.9 Å². The van der Waals surface area contributed by atoms with E-state index in [4.69, 9.17) is 16.3 Å². The summed E-state index contributed by atoms with van der Waals surface area (Å²) in [5, 5.41) is 12.3. The van der Waals surface area contributed by atoms with Crippen molar-refractivity contribution < 1.29 is 19.2 Å². The molecule has 1 heterocycles. The number of ketones is 1. The Morgan fingerprint density at radius 3 is 2.18 bits per heavy atom. The molecule has 0 aliphatic carbocycles. The van der Waals surface area contributed by atoms with E-state index in [1.807, 2.05) is 6.07 Å². The van der Waals surface area contributed by atoms with E-state index in [9.17, 15) is 19.7 Å². The monoisotopic (exact) mass is 522 g/mol. The lowest BCUT2D eigenvalue weighted by atomic mass is 9.99. The molecule has 8 heteroatoms. The van der Waals surface area contributed by atoms with Crippen molar-refractivity contribution in [2.45, 2.75) is 6.10 Å². The van der Waals surface area contributed by atoms with E-state index in [0.717, 1.165) is 5.56 Å². The molecule has 0 radical (unpaired) electrons. The van der Waals surface area contributed by atoms with Gasteiger partial charge >= 0.3 is 5.97 Å². The fourth-order valence-corrected chi connectivity index (χ4v) is 4.21. The van der Waals surface area contributed by atoms with Crippen molar-refractivity contribution in [3.63, 3.8) is 0 Å². The maximum absolute atomic E-state index is 13.7. The van der Waals surface area contributed by atoms with Gasteiger partial charge in [-0.15, -0.1) is 0 Å². The lowest BCUT2D eigenvalue weighted by Crippen LogP contribution is -2.20. The summed E-state index contributed by atoms with van der Waals surface area (Å²) in [6, 6.07) is 29.6. The Hall–Kier alpha value is -4.88. The zero-order chi connectivity index (χ0) is 26.6. The standard InChI is InChI=1S/C30H19ClN2O5/c31-22-14-10-19(11-15-22)27-18-25(24-8-4-5-9-26(24)32-27)30(35)38-29(28(34)20-6-2-1-3-7-20)21-12-16-23(17-13-21)33(36)37/h1-18,29H/t29-/m1/s1. The van der Waals surface area contributed by atoms with Crippen LogP contribution < -0.4 is 0 Å². The maximum Gasteiger partial charge on any atom is 0.339 e. The van der Waals surface area contributed by atoms with E-state index >= 15 is 0 Å². The number of hydrogen-bond acceptors (Lipinski definition) is 6. The zero-order valence-corrected chi connectivity index (χ0v) is 20.5. The third kappa shape index (κ3) is 5.14. The van der Waals surface area contributed by atoms with Gasteiger partial charge in [0.2, 0.25) is 5.78 Å². The number of aromatic nitrogens is 1. The number of pyridine rings is 1. The Balaban J connectivity index is 1.57. The van der Waals surface area contributed by atoms with Crippen molar-refractivity contribution in [1.29, 1.82) is 0 Å². The van der Waals surface area contributed by atoms with Gasteiger partial charge < -0.3 is 4.74 Å². The average molecular weight is 523 g/mol. The van der Waals surface area contributed by atoms with Crippen molar-refractivity contribution in [3.8, 4) is 11.3 Å². The minimum absolute atomic E-state index is 0.140. The van der Waals surface area contributed by atoms with Gasteiger partial charge in [0, 0.05) is 39.2 Å². The van der Waals surface area contributed by atoms with Crippen LogP contribution in [0.15, 0.2) is 109 Å². The molecule has 5 rings (SSSR count). The number of benzene rings is 4. The third-order valence-corrected chi connectivity index (χ3v) is 6.26. The SMILES string of the molecule is O=C(O[C@@H](C(=O)c1ccccc1)c1ccc([N+](=O)[O-])cc1)c1cc(-c2ccc(Cl)cc2)nc2ccccc12. The molecule has 1 atom stereocenters. The number of para-hydroxylation sites is 1. The van der Waals surface area contributed by atoms with Crippen LogP contribution in [0.25, 0.3) is 22.2 Å². The number of non-ortho nitro benzene ring substituents is 1. The van der Waals surface area contributed by atoms with Crippen LogP contribution in [-0.2, 0) is 4.74 Å². The summed E-state index contributed by atoms with van der Waals surface area (Å²) < 4.78 is 5.85. The van der Waals surface area contributed by atoms with Crippen LogP contribution in [0.2, 0.25) is 5.02 Å². The molecule has 0 unspecified atom stereocenters. The first kappa shape index (κ1) is 24.8. The van der Waals surface area contributed by atoms with Crippen molar-refractivity contribution in [1.82, 2.24) is 4.98 Å². The molecule has 0 aliphatic rings. The Morgan fingerprint density at radius 1 is 0.842 bits per heavy atom. The van der Waals surface area contributed by atoms with Gasteiger partial charge in [-0.25, -0.2) is 9.78 Å². The molecule has 0 bridgehead atoms. The summed E-state index contributed by atoms with van der Waals surface area (Å²) in [6.45, 7) is 0. The summed E-state index contributed by atoms with van der Waals surface area (Å²) in [7, 11) is 0. The first-order valence-corrected chi connectivity index (χ1v) is 12.0. The van der Waals surface area contributed by atoms with Crippen molar-refractivity contribution in [2.75, 3.05) is 0 Å². The Morgan fingerprint density at radius 2 is 1.50 bits per heavy atom. The van der Waals surface area contributed by atoms with E-state index < -0.39 is 22.8 Å². The number of nitrogens with zero attached hydrogens (tertiary/aromatic N) is 2. The molecule has 0 spiro atoms. The Labute approximate surface area is 222 Å². The maximum atomic E-state index is 13.7. The summed E-state index contributed by atoms with van der Waals surface area (Å²) >= 11 is 6.03. The number of nitro groups is 1. The molecule has 0 saturated heterocycles. The summed E-state index contributed by atoms with van der Waals surface area (Å²) in [4.78, 5) is 42.4. The summed E-state index contributed by atoms with van der Waals surface area (Å²) in [5.74, 6) is -1.18. The van der Waals surface area contributed by atoms with Crippen LogP contribution in [-0.4, -0.2) is 21.7 Å². The highest BCUT2D eigenvalue weighted by Gasteiger charge is 2.28. The van der Waals surface area contributed by atoms with Crippen LogP contribution >= 0.6 is 11.6 Å². The number of carbonyl (C=O) groups is 2. The molecular formula is C30H19ClN2O5. The zero-order valence-electron chi connectivity index (χ0n) is 19.8. The van der Waals surface area contributed by atoms with E-state index in [1.54, 1.807) is 78.9 Å². The number of fused-ring (bicyclic) bond motifs is 1. The number of Topliss-reactive ketones (excluding diaryl/α,β-unsaturated/α-hetero) is 1. The number of carbonyl (C=O) groups excluding carboxylic acids is 2. The van der Waals surface area contributed by atoms with Crippen LogP contribution in [0.5, 0.6) is 0 Å². The van der Waals surface area contributed by atoms with Crippen molar-refractivity contribution in [3.05, 3.63) is 141 Å². The van der Waals surface area contributed by atoms with Crippen molar-refractivity contribution >= 4 is 39.9 Å². The van der Waals surface area contributed by atoms with Gasteiger partial charge in [-0.05, 0) is 36.4 Å². The lowest BCUT2D eigenvalue weighted by molar-refractivity contribution is -0.384. The van der Waals surface area contributed by atoms with E-state index in [-0.39, 0.29) is 11.3 Å². The fraction of sp³-hybridized carbons (Fsp3) is 0.0333. The highest BCUT2D eigenvalue weighted by Crippen LogP contribution is 2.30. The van der Waals surface area contributed by atoms with E-state index in [0.29, 0.717) is 32.7 Å². The lowest BCUT2D eigenvalue weighted by Gasteiger charge is -2.18. The molecule has 0 saturated carbocycles. The first-order valence-electron chi connectivity index (χ1n) is 11.6. The number of esters is 1. The molecule has 0 N–H and O–H groups in total. The number of nitro benzene ring substituents is 1. The van der Waals surface area contributed by atoms with Gasteiger partial charge in [0.05, 0.1) is 21.7 Å². The smallest absolute Gasteiger partial charge is 0.339 e. The second kappa shape index (κ2) is 10.6. The number of hydrogen-bond donors (Lipinski definition) is 0. The van der Waals surface area contributed by atoms with Crippen LogP contribution in [0, 0.1) is 10.1 Å². The minimum atomic E-state index is -1.32. The van der Waals surface area contributed by atoms with E-state index in [2.05, 4.69) is 4.98 Å². The summed E-state index contributed by atoms with van der Waals surface area (Å²) in [5.41, 5.74) is 2.61. The molecule has 7 nitrogen and oxygen atoms in total. The number of halogens is 1. The molecule has 0 aliphatic heterocycles.